The number of halogens is 1. The van der Waals surface area contributed by atoms with Crippen molar-refractivity contribution in [3.63, 3.8) is 0 Å². The molecule has 0 aliphatic rings. The third-order valence-electron chi connectivity index (χ3n) is 2.95. The fraction of sp³-hybridized carbons (Fsp3) is 0. The molecule has 3 aromatic rings. The molecule has 2 aromatic carbocycles. The summed E-state index contributed by atoms with van der Waals surface area (Å²) in [6.07, 6.45) is 0. The predicted molar refractivity (Wildman–Crippen MR) is 89.4 cm³/mol. The molecule has 0 aliphatic carbocycles. The molecular formula is C15H13BrN4O. The molecule has 0 radical (unpaired) electrons. The fourth-order valence-corrected chi connectivity index (χ4v) is 2.29. The number of hydrogen-bond donors (Lipinski definition) is 4. The first kappa shape index (κ1) is 13.5. The lowest BCUT2D eigenvalue weighted by molar-refractivity contribution is 1.21. The van der Waals surface area contributed by atoms with Gasteiger partial charge in [0.05, 0.1) is 11.0 Å². The standard InChI is InChI=1S/C15H13BrN4O/c1-9(17-11-4-2-10(16)3-5-11)18-12-6-7-13-14(8-12)20-15(21)19-13/h2-8,17-18H,1H2,(H2,19,20,21). The van der Waals surface area contributed by atoms with Crippen molar-refractivity contribution >= 4 is 38.3 Å². The van der Waals surface area contributed by atoms with Gasteiger partial charge >= 0.3 is 5.69 Å². The maximum absolute atomic E-state index is 11.2. The van der Waals surface area contributed by atoms with Gasteiger partial charge in [0.15, 0.2) is 0 Å². The second-order valence-corrected chi connectivity index (χ2v) is 5.49. The van der Waals surface area contributed by atoms with Crippen LogP contribution in [0.3, 0.4) is 0 Å². The molecule has 0 amide bonds. The minimum Gasteiger partial charge on any atom is -0.342 e. The molecule has 0 atom stereocenters. The summed E-state index contributed by atoms with van der Waals surface area (Å²) in [6.45, 7) is 3.94. The average molecular weight is 345 g/mol. The van der Waals surface area contributed by atoms with Crippen LogP contribution >= 0.6 is 15.9 Å². The lowest BCUT2D eigenvalue weighted by atomic mass is 10.2. The molecule has 1 aromatic heterocycles. The molecule has 21 heavy (non-hydrogen) atoms. The molecule has 0 bridgehead atoms. The third-order valence-corrected chi connectivity index (χ3v) is 3.48. The van der Waals surface area contributed by atoms with E-state index in [1.165, 1.54) is 0 Å². The molecule has 0 spiro atoms. The van der Waals surface area contributed by atoms with Crippen molar-refractivity contribution in [1.82, 2.24) is 9.97 Å². The summed E-state index contributed by atoms with van der Waals surface area (Å²) in [5, 5.41) is 6.32. The van der Waals surface area contributed by atoms with Crippen LogP contribution < -0.4 is 16.3 Å². The van der Waals surface area contributed by atoms with Gasteiger partial charge in [0.2, 0.25) is 0 Å². The van der Waals surface area contributed by atoms with Crippen LogP contribution in [-0.4, -0.2) is 9.97 Å². The van der Waals surface area contributed by atoms with E-state index in [0.29, 0.717) is 5.82 Å². The Labute approximate surface area is 129 Å². The quantitative estimate of drug-likeness (QED) is 0.584. The van der Waals surface area contributed by atoms with E-state index in [1.54, 1.807) is 0 Å². The van der Waals surface area contributed by atoms with Crippen LogP contribution in [0.25, 0.3) is 11.0 Å². The van der Waals surface area contributed by atoms with Gasteiger partial charge in [0, 0.05) is 15.8 Å². The van der Waals surface area contributed by atoms with Gasteiger partial charge in [-0.3, -0.25) is 0 Å². The van der Waals surface area contributed by atoms with E-state index in [2.05, 4.69) is 43.1 Å². The minimum atomic E-state index is -0.214. The predicted octanol–water partition coefficient (Wildman–Crippen LogP) is 3.61. The summed E-state index contributed by atoms with van der Waals surface area (Å²) in [4.78, 5) is 16.7. The van der Waals surface area contributed by atoms with Crippen LogP contribution in [0.4, 0.5) is 11.4 Å². The lowest BCUT2D eigenvalue weighted by Gasteiger charge is -2.12. The molecule has 4 N–H and O–H groups in total. The number of imidazole rings is 1. The highest BCUT2D eigenvalue weighted by molar-refractivity contribution is 9.10. The Kier molecular flexibility index (Phi) is 3.53. The van der Waals surface area contributed by atoms with Gasteiger partial charge in [-0.05, 0) is 42.5 Å². The highest BCUT2D eigenvalue weighted by atomic mass is 79.9. The third kappa shape index (κ3) is 3.17. The van der Waals surface area contributed by atoms with E-state index >= 15 is 0 Å². The Bertz CT molecular complexity index is 848. The first-order valence-corrected chi connectivity index (χ1v) is 7.10. The summed E-state index contributed by atoms with van der Waals surface area (Å²) < 4.78 is 1.02. The largest absolute Gasteiger partial charge is 0.342 e. The topological polar surface area (TPSA) is 72.7 Å². The molecule has 1 heterocycles. The maximum Gasteiger partial charge on any atom is 0.323 e. The second kappa shape index (κ2) is 5.49. The zero-order valence-corrected chi connectivity index (χ0v) is 12.6. The monoisotopic (exact) mass is 344 g/mol. The Hall–Kier alpha value is -2.47. The van der Waals surface area contributed by atoms with Gasteiger partial charge < -0.3 is 20.6 Å². The molecule has 6 heteroatoms. The number of anilines is 2. The van der Waals surface area contributed by atoms with Gasteiger partial charge in [-0.15, -0.1) is 0 Å². The molecule has 5 nitrogen and oxygen atoms in total. The minimum absolute atomic E-state index is 0.214. The van der Waals surface area contributed by atoms with Crippen LogP contribution in [0.2, 0.25) is 0 Å². The van der Waals surface area contributed by atoms with Crippen molar-refractivity contribution in [3.8, 4) is 0 Å². The number of aromatic amines is 2. The number of aromatic nitrogens is 2. The van der Waals surface area contributed by atoms with E-state index in [0.717, 1.165) is 26.9 Å². The zero-order valence-electron chi connectivity index (χ0n) is 11.0. The number of rotatable bonds is 4. The van der Waals surface area contributed by atoms with Crippen molar-refractivity contribution in [2.75, 3.05) is 10.6 Å². The van der Waals surface area contributed by atoms with Crippen LogP contribution in [0.5, 0.6) is 0 Å². The molecular weight excluding hydrogens is 332 g/mol. The van der Waals surface area contributed by atoms with Gasteiger partial charge in [0.1, 0.15) is 5.82 Å². The summed E-state index contributed by atoms with van der Waals surface area (Å²) in [6, 6.07) is 13.4. The normalized spacial score (nSPS) is 10.5. The lowest BCUT2D eigenvalue weighted by Crippen LogP contribution is -2.07. The molecule has 0 aliphatic heterocycles. The summed E-state index contributed by atoms with van der Waals surface area (Å²) >= 11 is 3.39. The summed E-state index contributed by atoms with van der Waals surface area (Å²) in [5.41, 5.74) is 3.09. The van der Waals surface area contributed by atoms with E-state index in [9.17, 15) is 4.79 Å². The van der Waals surface area contributed by atoms with Crippen molar-refractivity contribution in [2.24, 2.45) is 0 Å². The van der Waals surface area contributed by atoms with Gasteiger partial charge in [-0.2, -0.15) is 0 Å². The highest BCUT2D eigenvalue weighted by Gasteiger charge is 2.01. The highest BCUT2D eigenvalue weighted by Crippen LogP contribution is 2.18. The Balaban J connectivity index is 1.73. The van der Waals surface area contributed by atoms with Gasteiger partial charge in [-0.25, -0.2) is 4.79 Å². The molecule has 0 fully saturated rings. The Morgan fingerprint density at radius 1 is 0.952 bits per heavy atom. The Morgan fingerprint density at radius 2 is 1.57 bits per heavy atom. The average Bonchev–Trinajstić information content (AvgIpc) is 2.80. The van der Waals surface area contributed by atoms with E-state index in [-0.39, 0.29) is 5.69 Å². The Morgan fingerprint density at radius 3 is 2.33 bits per heavy atom. The number of hydrogen-bond acceptors (Lipinski definition) is 3. The molecule has 0 unspecified atom stereocenters. The first-order valence-electron chi connectivity index (χ1n) is 6.31. The second-order valence-electron chi connectivity index (χ2n) is 4.57. The number of nitrogens with one attached hydrogen (secondary N) is 4. The smallest absolute Gasteiger partial charge is 0.323 e. The van der Waals surface area contributed by atoms with Crippen molar-refractivity contribution in [1.29, 1.82) is 0 Å². The van der Waals surface area contributed by atoms with Gasteiger partial charge in [-0.1, -0.05) is 22.5 Å². The molecule has 106 valence electrons. The molecule has 3 rings (SSSR count). The maximum atomic E-state index is 11.2. The van der Waals surface area contributed by atoms with E-state index in [1.807, 2.05) is 42.5 Å². The van der Waals surface area contributed by atoms with Crippen LogP contribution in [0.15, 0.2) is 64.1 Å². The SMILES string of the molecule is C=C(Nc1ccc(Br)cc1)Nc1ccc2[nH]c(=O)[nH]c2c1. The number of benzene rings is 2. The van der Waals surface area contributed by atoms with E-state index < -0.39 is 0 Å². The summed E-state index contributed by atoms with van der Waals surface area (Å²) in [7, 11) is 0. The number of fused-ring (bicyclic) bond motifs is 1. The molecule has 0 saturated heterocycles. The van der Waals surface area contributed by atoms with Crippen LogP contribution in [0, 0.1) is 0 Å². The summed E-state index contributed by atoms with van der Waals surface area (Å²) in [5.74, 6) is 0.648. The van der Waals surface area contributed by atoms with Crippen molar-refractivity contribution in [3.05, 3.63) is 69.8 Å². The van der Waals surface area contributed by atoms with Gasteiger partial charge in [0.25, 0.3) is 0 Å². The van der Waals surface area contributed by atoms with Crippen molar-refractivity contribution in [2.45, 2.75) is 0 Å². The zero-order chi connectivity index (χ0) is 14.8. The number of H-pyrrole nitrogens is 2. The first-order chi connectivity index (χ1) is 10.1. The fourth-order valence-electron chi connectivity index (χ4n) is 2.02. The van der Waals surface area contributed by atoms with E-state index in [4.69, 9.17) is 0 Å². The molecule has 0 saturated carbocycles. The van der Waals surface area contributed by atoms with Crippen LogP contribution in [-0.2, 0) is 0 Å². The van der Waals surface area contributed by atoms with Crippen LogP contribution in [0.1, 0.15) is 0 Å². The van der Waals surface area contributed by atoms with Crippen molar-refractivity contribution < 1.29 is 0 Å².